The van der Waals surface area contributed by atoms with Crippen molar-refractivity contribution in [1.82, 2.24) is 4.90 Å². The van der Waals surface area contributed by atoms with Crippen molar-refractivity contribution in [1.29, 1.82) is 0 Å². The van der Waals surface area contributed by atoms with Crippen molar-refractivity contribution in [2.24, 2.45) is 0 Å². The van der Waals surface area contributed by atoms with Crippen molar-refractivity contribution in [3.63, 3.8) is 0 Å². The Morgan fingerprint density at radius 2 is 1.74 bits per heavy atom. The number of hydrogen-bond acceptors (Lipinski definition) is 3. The van der Waals surface area contributed by atoms with Gasteiger partial charge in [-0.05, 0) is 54.8 Å². The van der Waals surface area contributed by atoms with Gasteiger partial charge in [-0.15, -0.1) is 0 Å². The van der Waals surface area contributed by atoms with Gasteiger partial charge in [-0.1, -0.05) is 30.3 Å². The van der Waals surface area contributed by atoms with Gasteiger partial charge in [-0.2, -0.15) is 0 Å². The minimum Gasteiger partial charge on any atom is -0.459 e. The molecule has 3 aromatic rings. The van der Waals surface area contributed by atoms with E-state index >= 15 is 0 Å². The Morgan fingerprint density at radius 1 is 0.963 bits per heavy atom. The van der Waals surface area contributed by atoms with E-state index in [0.29, 0.717) is 11.3 Å². The summed E-state index contributed by atoms with van der Waals surface area (Å²) in [7, 11) is 0. The van der Waals surface area contributed by atoms with Crippen LogP contribution in [0.2, 0.25) is 0 Å². The van der Waals surface area contributed by atoms with E-state index in [-0.39, 0.29) is 23.6 Å². The molecule has 1 fully saturated rings. The fourth-order valence-corrected chi connectivity index (χ4v) is 3.49. The van der Waals surface area contributed by atoms with Gasteiger partial charge in [-0.3, -0.25) is 9.59 Å². The van der Waals surface area contributed by atoms with Gasteiger partial charge in [0, 0.05) is 17.8 Å². The maximum atomic E-state index is 13.0. The molecule has 136 valence electrons. The largest absolute Gasteiger partial charge is 0.459 e. The lowest BCUT2D eigenvalue weighted by atomic mass is 10.0. The molecule has 5 heteroatoms. The molecule has 4 rings (SSSR count). The first-order chi connectivity index (χ1) is 13.2. The van der Waals surface area contributed by atoms with Crippen LogP contribution in [0.5, 0.6) is 0 Å². The summed E-state index contributed by atoms with van der Waals surface area (Å²) in [6.07, 6.45) is 3.44. The number of carbonyl (C=O) groups excluding carboxylic acids is 2. The van der Waals surface area contributed by atoms with Gasteiger partial charge in [0.1, 0.15) is 0 Å². The summed E-state index contributed by atoms with van der Waals surface area (Å²) in [6, 6.07) is 20.5. The number of likely N-dealkylation sites (tertiary alicyclic amines) is 1. The Labute approximate surface area is 157 Å². The lowest BCUT2D eigenvalue weighted by Crippen LogP contribution is -2.30. The van der Waals surface area contributed by atoms with Crippen molar-refractivity contribution in [2.75, 3.05) is 11.9 Å². The third-order valence-electron chi connectivity index (χ3n) is 4.83. The normalized spacial score (nSPS) is 16.3. The summed E-state index contributed by atoms with van der Waals surface area (Å²) in [5.74, 6) is -0.0500. The quantitative estimate of drug-likeness (QED) is 0.745. The van der Waals surface area contributed by atoms with E-state index in [0.717, 1.165) is 19.4 Å². The summed E-state index contributed by atoms with van der Waals surface area (Å²) >= 11 is 0. The summed E-state index contributed by atoms with van der Waals surface area (Å²) < 4.78 is 5.08. The highest BCUT2D eigenvalue weighted by Crippen LogP contribution is 2.33. The second kappa shape index (κ2) is 7.50. The van der Waals surface area contributed by atoms with E-state index in [4.69, 9.17) is 4.42 Å². The average Bonchev–Trinajstić information content (AvgIpc) is 3.41. The monoisotopic (exact) mass is 360 g/mol. The van der Waals surface area contributed by atoms with Crippen LogP contribution in [-0.2, 0) is 0 Å². The first kappa shape index (κ1) is 17.1. The Morgan fingerprint density at radius 3 is 2.44 bits per heavy atom. The minimum absolute atomic E-state index is 0.0188. The number of nitrogens with one attached hydrogen (secondary N) is 1. The van der Waals surface area contributed by atoms with Crippen LogP contribution in [0, 0.1) is 0 Å². The molecule has 0 saturated carbocycles. The van der Waals surface area contributed by atoms with Gasteiger partial charge >= 0.3 is 0 Å². The van der Waals surface area contributed by atoms with Crippen molar-refractivity contribution < 1.29 is 14.0 Å². The molecule has 1 unspecified atom stereocenters. The molecule has 2 heterocycles. The zero-order valence-corrected chi connectivity index (χ0v) is 14.8. The van der Waals surface area contributed by atoms with Crippen molar-refractivity contribution in [3.05, 3.63) is 89.9 Å². The third-order valence-corrected chi connectivity index (χ3v) is 4.83. The smallest absolute Gasteiger partial charge is 0.291 e. The molecular weight excluding hydrogens is 340 g/mol. The Kier molecular flexibility index (Phi) is 4.75. The van der Waals surface area contributed by atoms with E-state index in [1.54, 1.807) is 36.4 Å². The Hall–Kier alpha value is -3.34. The second-order valence-electron chi connectivity index (χ2n) is 6.58. The third kappa shape index (κ3) is 3.62. The van der Waals surface area contributed by atoms with E-state index in [2.05, 4.69) is 17.4 Å². The van der Waals surface area contributed by atoms with Gasteiger partial charge in [0.15, 0.2) is 5.76 Å². The van der Waals surface area contributed by atoms with Crippen LogP contribution >= 0.6 is 0 Å². The topological polar surface area (TPSA) is 62.6 Å². The predicted molar refractivity (Wildman–Crippen MR) is 103 cm³/mol. The van der Waals surface area contributed by atoms with Crippen LogP contribution < -0.4 is 5.32 Å². The molecule has 1 N–H and O–H groups in total. The van der Waals surface area contributed by atoms with Crippen LogP contribution in [0.4, 0.5) is 5.69 Å². The zero-order valence-electron chi connectivity index (χ0n) is 14.8. The molecule has 0 radical (unpaired) electrons. The van der Waals surface area contributed by atoms with Gasteiger partial charge in [-0.25, -0.2) is 0 Å². The van der Waals surface area contributed by atoms with Gasteiger partial charge in [0.25, 0.3) is 11.8 Å². The van der Waals surface area contributed by atoms with E-state index < -0.39 is 0 Å². The molecule has 1 aliphatic heterocycles. The lowest BCUT2D eigenvalue weighted by Gasteiger charge is -2.25. The molecule has 0 aliphatic carbocycles. The summed E-state index contributed by atoms with van der Waals surface area (Å²) in [5, 5.41) is 2.76. The molecule has 27 heavy (non-hydrogen) atoms. The maximum Gasteiger partial charge on any atom is 0.291 e. The van der Waals surface area contributed by atoms with Gasteiger partial charge < -0.3 is 14.6 Å². The Balaban J connectivity index is 1.47. The van der Waals surface area contributed by atoms with Crippen LogP contribution in [-0.4, -0.2) is 23.3 Å². The lowest BCUT2D eigenvalue weighted by molar-refractivity contribution is 0.0735. The molecule has 0 spiro atoms. The number of nitrogens with zero attached hydrogens (tertiary/aromatic N) is 1. The SMILES string of the molecule is O=C(Nc1ccc(C(=O)N2CCCC2c2ccccc2)cc1)c1ccco1. The van der Waals surface area contributed by atoms with Crippen LogP contribution in [0.15, 0.2) is 77.4 Å². The highest BCUT2D eigenvalue weighted by molar-refractivity contribution is 6.02. The molecular formula is C22H20N2O3. The summed E-state index contributed by atoms with van der Waals surface area (Å²) in [6.45, 7) is 0.759. The van der Waals surface area contributed by atoms with Crippen molar-refractivity contribution in [2.45, 2.75) is 18.9 Å². The molecule has 1 saturated heterocycles. The van der Waals surface area contributed by atoms with E-state index in [1.165, 1.54) is 11.8 Å². The fraction of sp³-hybridized carbons (Fsp3) is 0.182. The summed E-state index contributed by atoms with van der Waals surface area (Å²) in [4.78, 5) is 26.9. The van der Waals surface area contributed by atoms with Crippen molar-refractivity contribution >= 4 is 17.5 Å². The number of furan rings is 1. The molecule has 5 nitrogen and oxygen atoms in total. The standard InChI is InChI=1S/C22H20N2O3/c25-21(20-9-5-15-27-20)23-18-12-10-17(11-13-18)22(26)24-14-4-8-19(24)16-6-2-1-3-7-16/h1-3,5-7,9-13,15,19H,4,8,14H2,(H,23,25). The van der Waals surface area contributed by atoms with Crippen LogP contribution in [0.3, 0.4) is 0 Å². The van der Waals surface area contributed by atoms with Gasteiger partial charge in [0.05, 0.1) is 12.3 Å². The Bertz CT molecular complexity index is 918. The maximum absolute atomic E-state index is 13.0. The number of hydrogen-bond donors (Lipinski definition) is 1. The van der Waals surface area contributed by atoms with Gasteiger partial charge in [0.2, 0.25) is 0 Å². The highest BCUT2D eigenvalue weighted by atomic mass is 16.3. The zero-order chi connectivity index (χ0) is 18.6. The minimum atomic E-state index is -0.317. The number of amides is 2. The first-order valence-electron chi connectivity index (χ1n) is 9.03. The van der Waals surface area contributed by atoms with Crippen molar-refractivity contribution in [3.8, 4) is 0 Å². The number of rotatable bonds is 4. The molecule has 1 aliphatic rings. The molecule has 2 amide bonds. The first-order valence-corrected chi connectivity index (χ1v) is 9.03. The molecule has 2 aromatic carbocycles. The fourth-order valence-electron chi connectivity index (χ4n) is 3.49. The van der Waals surface area contributed by atoms with Crippen LogP contribution in [0.1, 0.15) is 45.4 Å². The highest BCUT2D eigenvalue weighted by Gasteiger charge is 2.30. The second-order valence-corrected chi connectivity index (χ2v) is 6.58. The number of benzene rings is 2. The van der Waals surface area contributed by atoms with E-state index in [9.17, 15) is 9.59 Å². The number of carbonyl (C=O) groups is 2. The number of anilines is 1. The molecule has 1 atom stereocenters. The van der Waals surface area contributed by atoms with Crippen LogP contribution in [0.25, 0.3) is 0 Å². The predicted octanol–water partition coefficient (Wildman–Crippen LogP) is 4.51. The van der Waals surface area contributed by atoms with E-state index in [1.807, 2.05) is 23.1 Å². The average molecular weight is 360 g/mol. The molecule has 1 aromatic heterocycles. The summed E-state index contributed by atoms with van der Waals surface area (Å²) in [5.41, 5.74) is 2.41. The molecule has 0 bridgehead atoms.